The summed E-state index contributed by atoms with van der Waals surface area (Å²) in [6.07, 6.45) is 0. The van der Waals surface area contributed by atoms with Crippen molar-refractivity contribution in [3.05, 3.63) is 170 Å². The van der Waals surface area contributed by atoms with Gasteiger partial charge in [-0.05, 0) is 113 Å². The van der Waals surface area contributed by atoms with Gasteiger partial charge in [-0.3, -0.25) is 0 Å². The maximum atomic E-state index is 6.52. The maximum absolute atomic E-state index is 6.52. The molecule has 0 aliphatic heterocycles. The molecule has 0 N–H and O–H groups in total. The van der Waals surface area contributed by atoms with Crippen LogP contribution in [-0.4, -0.2) is 0 Å². The first-order valence-electron chi connectivity index (χ1n) is 16.2. The van der Waals surface area contributed by atoms with Gasteiger partial charge in [0.1, 0.15) is 11.2 Å². The van der Waals surface area contributed by atoms with Crippen molar-refractivity contribution in [3.8, 4) is 33.4 Å². The van der Waals surface area contributed by atoms with Crippen LogP contribution in [0.1, 0.15) is 0 Å². The Morgan fingerprint density at radius 1 is 0.277 bits per heavy atom. The van der Waals surface area contributed by atoms with Gasteiger partial charge < -0.3 is 4.42 Å². The van der Waals surface area contributed by atoms with Gasteiger partial charge in [0.2, 0.25) is 0 Å². The van der Waals surface area contributed by atoms with Crippen molar-refractivity contribution < 1.29 is 4.42 Å². The van der Waals surface area contributed by atoms with E-state index in [1.807, 2.05) is 0 Å². The van der Waals surface area contributed by atoms with Crippen LogP contribution in [0.3, 0.4) is 0 Å². The molecule has 0 unspecified atom stereocenters. The van der Waals surface area contributed by atoms with Gasteiger partial charge in [0, 0.05) is 10.8 Å². The lowest BCUT2D eigenvalue weighted by Crippen LogP contribution is -1.92. The van der Waals surface area contributed by atoms with Crippen LogP contribution in [0, 0.1) is 0 Å². The van der Waals surface area contributed by atoms with E-state index in [-0.39, 0.29) is 0 Å². The highest BCUT2D eigenvalue weighted by Crippen LogP contribution is 2.46. The zero-order valence-corrected chi connectivity index (χ0v) is 25.6. The molecule has 0 atom stereocenters. The molecule has 10 rings (SSSR count). The smallest absolute Gasteiger partial charge is 0.136 e. The molecule has 47 heavy (non-hydrogen) atoms. The molecule has 0 aliphatic rings. The molecular formula is C46H28O. The second kappa shape index (κ2) is 10.2. The Hall–Kier alpha value is -6.18. The average Bonchev–Trinajstić information content (AvgIpc) is 3.49. The zero-order chi connectivity index (χ0) is 30.9. The van der Waals surface area contributed by atoms with E-state index in [1.165, 1.54) is 70.9 Å². The third kappa shape index (κ3) is 4.03. The van der Waals surface area contributed by atoms with Crippen molar-refractivity contribution in [2.75, 3.05) is 0 Å². The number of hydrogen-bond acceptors (Lipinski definition) is 1. The summed E-state index contributed by atoms with van der Waals surface area (Å²) in [4.78, 5) is 0. The van der Waals surface area contributed by atoms with Gasteiger partial charge in [0.05, 0.1) is 0 Å². The number of furan rings is 1. The van der Waals surface area contributed by atoms with E-state index in [0.29, 0.717) is 0 Å². The van der Waals surface area contributed by atoms with Crippen LogP contribution in [0.5, 0.6) is 0 Å². The highest BCUT2D eigenvalue weighted by Gasteiger charge is 2.18. The largest absolute Gasteiger partial charge is 0.456 e. The summed E-state index contributed by atoms with van der Waals surface area (Å²) in [5.74, 6) is 0. The van der Waals surface area contributed by atoms with Crippen LogP contribution in [0.25, 0.3) is 98.4 Å². The van der Waals surface area contributed by atoms with E-state index in [4.69, 9.17) is 4.42 Å². The van der Waals surface area contributed by atoms with E-state index >= 15 is 0 Å². The Morgan fingerprint density at radius 3 is 1.49 bits per heavy atom. The Labute approximate surface area is 271 Å². The van der Waals surface area contributed by atoms with E-state index in [9.17, 15) is 0 Å². The Morgan fingerprint density at radius 2 is 0.809 bits per heavy atom. The third-order valence-electron chi connectivity index (χ3n) is 9.80. The van der Waals surface area contributed by atoms with E-state index < -0.39 is 0 Å². The molecule has 0 amide bonds. The molecule has 0 spiro atoms. The lowest BCUT2D eigenvalue weighted by Gasteiger charge is -2.19. The Bertz CT molecular complexity index is 2780. The normalized spacial score (nSPS) is 11.8. The van der Waals surface area contributed by atoms with Gasteiger partial charge in [-0.1, -0.05) is 133 Å². The second-order valence-corrected chi connectivity index (χ2v) is 12.5. The molecule has 218 valence electrons. The molecule has 0 aliphatic carbocycles. The summed E-state index contributed by atoms with van der Waals surface area (Å²) < 4.78 is 6.52. The summed E-state index contributed by atoms with van der Waals surface area (Å²) in [6, 6.07) is 61.6. The van der Waals surface area contributed by atoms with Crippen LogP contribution in [0.4, 0.5) is 0 Å². The minimum Gasteiger partial charge on any atom is -0.456 e. The minimum atomic E-state index is 0.908. The quantitative estimate of drug-likeness (QED) is 0.185. The Balaban J connectivity index is 1.25. The number of benzene rings is 9. The van der Waals surface area contributed by atoms with Gasteiger partial charge in [-0.15, -0.1) is 0 Å². The van der Waals surface area contributed by atoms with Crippen molar-refractivity contribution >= 4 is 65.0 Å². The summed E-state index contributed by atoms with van der Waals surface area (Å²) >= 11 is 0. The van der Waals surface area contributed by atoms with Gasteiger partial charge in [0.25, 0.3) is 0 Å². The fourth-order valence-electron chi connectivity index (χ4n) is 7.68. The zero-order valence-electron chi connectivity index (χ0n) is 25.6. The first-order chi connectivity index (χ1) is 23.3. The average molecular weight is 597 g/mol. The van der Waals surface area contributed by atoms with Crippen molar-refractivity contribution in [2.24, 2.45) is 0 Å². The lowest BCUT2D eigenvalue weighted by molar-refractivity contribution is 0.669. The highest BCUT2D eigenvalue weighted by atomic mass is 16.3. The summed E-state index contributed by atoms with van der Waals surface area (Å²) in [5.41, 5.74) is 9.17. The predicted octanol–water partition coefficient (Wildman–Crippen LogP) is 13.2. The number of rotatable bonds is 3. The maximum Gasteiger partial charge on any atom is 0.136 e. The molecule has 1 heteroatoms. The van der Waals surface area contributed by atoms with Gasteiger partial charge in [-0.25, -0.2) is 0 Å². The fourth-order valence-corrected chi connectivity index (χ4v) is 7.68. The van der Waals surface area contributed by atoms with Crippen LogP contribution in [0.15, 0.2) is 174 Å². The molecule has 0 saturated heterocycles. The van der Waals surface area contributed by atoms with Gasteiger partial charge in [0.15, 0.2) is 0 Å². The van der Waals surface area contributed by atoms with E-state index in [1.54, 1.807) is 0 Å². The topological polar surface area (TPSA) is 13.1 Å². The molecule has 9 aromatic carbocycles. The lowest BCUT2D eigenvalue weighted by atomic mass is 9.84. The molecule has 1 aromatic heterocycles. The van der Waals surface area contributed by atoms with Gasteiger partial charge >= 0.3 is 0 Å². The van der Waals surface area contributed by atoms with Crippen LogP contribution >= 0.6 is 0 Å². The number of fused-ring (bicyclic) bond motifs is 7. The van der Waals surface area contributed by atoms with Crippen LogP contribution < -0.4 is 0 Å². The fraction of sp³-hybridized carbons (Fsp3) is 0. The predicted molar refractivity (Wildman–Crippen MR) is 200 cm³/mol. The molecule has 1 nitrogen and oxygen atoms in total. The standard InChI is InChI=1S/C46H28O/c1-2-12-29(13-3-1)45-37-18-8-10-20-39(37)46(40-21-11-9-19-38(40)45)34-24-32-16-6-7-17-35(32)41(26-34)33-22-23-36-42-25-30-14-4-5-15-31(30)27-44(42)47-43(36)28-33/h1-28H. The molecular weight excluding hydrogens is 569 g/mol. The van der Waals surface area contributed by atoms with Crippen molar-refractivity contribution in [1.82, 2.24) is 0 Å². The van der Waals surface area contributed by atoms with Crippen molar-refractivity contribution in [1.29, 1.82) is 0 Å². The first kappa shape index (κ1) is 26.1. The van der Waals surface area contributed by atoms with Crippen molar-refractivity contribution in [2.45, 2.75) is 0 Å². The summed E-state index contributed by atoms with van der Waals surface area (Å²) in [5, 5.41) is 12.2. The monoisotopic (exact) mass is 596 g/mol. The molecule has 0 radical (unpaired) electrons. The summed E-state index contributed by atoms with van der Waals surface area (Å²) in [6.45, 7) is 0. The van der Waals surface area contributed by atoms with E-state index in [0.717, 1.165) is 27.5 Å². The summed E-state index contributed by atoms with van der Waals surface area (Å²) in [7, 11) is 0. The second-order valence-electron chi connectivity index (χ2n) is 12.5. The van der Waals surface area contributed by atoms with Crippen LogP contribution in [-0.2, 0) is 0 Å². The van der Waals surface area contributed by atoms with E-state index in [2.05, 4.69) is 170 Å². The van der Waals surface area contributed by atoms with Crippen LogP contribution in [0.2, 0.25) is 0 Å². The molecule has 1 heterocycles. The van der Waals surface area contributed by atoms with Gasteiger partial charge in [-0.2, -0.15) is 0 Å². The molecule has 0 saturated carbocycles. The Kier molecular flexibility index (Phi) is 5.64. The number of hydrogen-bond donors (Lipinski definition) is 0. The van der Waals surface area contributed by atoms with Crippen molar-refractivity contribution in [3.63, 3.8) is 0 Å². The molecule has 10 aromatic rings. The molecule has 0 bridgehead atoms. The first-order valence-corrected chi connectivity index (χ1v) is 16.2. The molecule has 0 fully saturated rings. The minimum absolute atomic E-state index is 0.908. The third-order valence-corrected chi connectivity index (χ3v) is 9.80. The SMILES string of the molecule is c1ccc(-c2c3ccccc3c(-c3cc(-c4ccc5c(c4)oc4cc6ccccc6cc45)c4ccccc4c3)c3ccccc23)cc1. The highest BCUT2D eigenvalue weighted by molar-refractivity contribution is 6.22.